The zero-order valence-electron chi connectivity index (χ0n) is 25.4. The number of hydrogen-bond acceptors (Lipinski definition) is 8. The maximum absolute atomic E-state index is 16.8. The Morgan fingerprint density at radius 1 is 1.11 bits per heavy atom. The van der Waals surface area contributed by atoms with Crippen molar-refractivity contribution in [1.29, 1.82) is 5.26 Å². The molecule has 0 spiro atoms. The van der Waals surface area contributed by atoms with Crippen LogP contribution in [0.2, 0.25) is 0 Å². The van der Waals surface area contributed by atoms with Crippen molar-refractivity contribution < 1.29 is 23.4 Å². The van der Waals surface area contributed by atoms with Crippen molar-refractivity contribution in [2.75, 3.05) is 44.2 Å². The van der Waals surface area contributed by atoms with Gasteiger partial charge in [0.1, 0.15) is 29.5 Å². The van der Waals surface area contributed by atoms with Crippen molar-refractivity contribution in [2.24, 2.45) is 0 Å². The molecule has 0 radical (unpaired) electrons. The first kappa shape index (κ1) is 29.9. The second kappa shape index (κ2) is 11.8. The predicted octanol–water partition coefficient (Wildman–Crippen LogP) is 5.56. The number of carbonyl (C=O) groups excluding carboxylic acids is 1. The van der Waals surface area contributed by atoms with Gasteiger partial charge in [-0.15, -0.1) is 0 Å². The van der Waals surface area contributed by atoms with Crippen LogP contribution >= 0.6 is 0 Å². The van der Waals surface area contributed by atoms with Crippen LogP contribution in [-0.2, 0) is 4.79 Å². The Morgan fingerprint density at radius 3 is 2.67 bits per heavy atom. The van der Waals surface area contributed by atoms with Gasteiger partial charge in [-0.3, -0.25) is 9.69 Å². The number of anilines is 1. The summed E-state index contributed by atoms with van der Waals surface area (Å²) < 4.78 is 38.2. The highest BCUT2D eigenvalue weighted by Crippen LogP contribution is 2.41. The SMILES string of the molecule is C=CC(=O)N1CCN(c2nc(OCC34CCCN3CCC4)nc3c(F)c(-c4cc(O)cc5cccc(F)c45)ccc23)C[C@@H]1CC#N. The van der Waals surface area contributed by atoms with E-state index in [0.29, 0.717) is 42.8 Å². The molecule has 46 heavy (non-hydrogen) atoms. The summed E-state index contributed by atoms with van der Waals surface area (Å²) in [4.78, 5) is 28.0. The van der Waals surface area contributed by atoms with Gasteiger partial charge >= 0.3 is 6.01 Å². The molecule has 3 aliphatic heterocycles. The van der Waals surface area contributed by atoms with Crippen molar-refractivity contribution in [3.63, 3.8) is 0 Å². The number of phenolic OH excluding ortho intramolecular Hbond substituents is 1. The van der Waals surface area contributed by atoms with Crippen molar-refractivity contribution in [1.82, 2.24) is 19.8 Å². The summed E-state index contributed by atoms with van der Waals surface area (Å²) in [5.41, 5.74) is 0.186. The molecule has 3 aliphatic rings. The van der Waals surface area contributed by atoms with Gasteiger partial charge in [-0.1, -0.05) is 24.8 Å². The van der Waals surface area contributed by atoms with Gasteiger partial charge in [0.25, 0.3) is 0 Å². The summed E-state index contributed by atoms with van der Waals surface area (Å²) in [6, 6.07) is 12.3. The first-order chi connectivity index (χ1) is 22.3. The van der Waals surface area contributed by atoms with Gasteiger partial charge < -0.3 is 19.6 Å². The van der Waals surface area contributed by atoms with Crippen LogP contribution in [0.25, 0.3) is 32.8 Å². The second-order valence-electron chi connectivity index (χ2n) is 12.4. The predicted molar refractivity (Wildman–Crippen MR) is 170 cm³/mol. The molecule has 4 aromatic rings. The highest BCUT2D eigenvalue weighted by Gasteiger charge is 2.45. The molecule has 3 fully saturated rings. The third-order valence-electron chi connectivity index (χ3n) is 9.81. The number of amides is 1. The van der Waals surface area contributed by atoms with E-state index in [1.165, 1.54) is 30.3 Å². The van der Waals surface area contributed by atoms with Crippen LogP contribution in [0.4, 0.5) is 14.6 Å². The standard InChI is InChI=1S/C35H34F2N6O3/c1-2-29(45)43-17-16-41(20-23(43)10-13-38)33-26-9-8-25(27-19-24(44)18-22-6-3-7-28(36)30(22)27)31(37)32(26)39-34(40-33)46-21-35-11-4-14-42(35)15-5-12-35/h2-3,6-9,18-19,23,44H,1,4-5,10-12,14-17,20-21H2/t23-/m0/s1. The fourth-order valence-electron chi connectivity index (χ4n) is 7.61. The van der Waals surface area contributed by atoms with Gasteiger partial charge in [-0.2, -0.15) is 15.2 Å². The first-order valence-corrected chi connectivity index (χ1v) is 15.7. The van der Waals surface area contributed by atoms with Crippen LogP contribution < -0.4 is 9.64 Å². The van der Waals surface area contributed by atoms with E-state index < -0.39 is 17.7 Å². The zero-order valence-corrected chi connectivity index (χ0v) is 25.4. The molecule has 9 nitrogen and oxygen atoms in total. The Hall–Kier alpha value is -4.82. The summed E-state index contributed by atoms with van der Waals surface area (Å²) in [5.74, 6) is -1.18. The average Bonchev–Trinajstić information content (AvgIpc) is 3.64. The number of aromatic hydroxyl groups is 1. The smallest absolute Gasteiger partial charge is 0.319 e. The molecule has 0 aliphatic carbocycles. The second-order valence-corrected chi connectivity index (χ2v) is 12.4. The number of carbonyl (C=O) groups is 1. The van der Waals surface area contributed by atoms with Gasteiger partial charge in [0.15, 0.2) is 5.82 Å². The molecular weight excluding hydrogens is 590 g/mol. The maximum atomic E-state index is 16.8. The van der Waals surface area contributed by atoms with Crippen LogP contribution in [0.1, 0.15) is 32.1 Å². The minimum Gasteiger partial charge on any atom is -0.508 e. The fraction of sp³-hybridized carbons (Fsp3) is 0.371. The van der Waals surface area contributed by atoms with Gasteiger partial charge in [-0.25, -0.2) is 8.78 Å². The van der Waals surface area contributed by atoms with Gasteiger partial charge in [0.2, 0.25) is 5.91 Å². The average molecular weight is 625 g/mol. The van der Waals surface area contributed by atoms with Crippen LogP contribution in [0.3, 0.4) is 0 Å². The minimum absolute atomic E-state index is 0.000960. The highest BCUT2D eigenvalue weighted by atomic mass is 19.1. The number of nitriles is 1. The van der Waals surface area contributed by atoms with E-state index in [4.69, 9.17) is 9.72 Å². The number of phenols is 1. The summed E-state index contributed by atoms with van der Waals surface area (Å²) in [6.07, 6.45) is 5.55. The lowest BCUT2D eigenvalue weighted by atomic mass is 9.95. The van der Waals surface area contributed by atoms with Gasteiger partial charge in [-0.05, 0) is 80.1 Å². The molecule has 7 rings (SSSR count). The molecule has 3 aromatic carbocycles. The molecule has 1 amide bonds. The number of nitrogens with zero attached hydrogens (tertiary/aromatic N) is 6. The number of fused-ring (bicyclic) bond motifs is 3. The Kier molecular flexibility index (Phi) is 7.69. The summed E-state index contributed by atoms with van der Waals surface area (Å²) in [5, 5.41) is 21.0. The Morgan fingerprint density at radius 2 is 1.91 bits per heavy atom. The lowest BCUT2D eigenvalue weighted by Crippen LogP contribution is -2.55. The van der Waals surface area contributed by atoms with Gasteiger partial charge in [0, 0.05) is 36.0 Å². The Bertz CT molecular complexity index is 1900. The fourth-order valence-corrected chi connectivity index (χ4v) is 7.61. The summed E-state index contributed by atoms with van der Waals surface area (Å²) in [6.45, 7) is 7.02. The number of ether oxygens (including phenoxy) is 1. The molecular formula is C35H34F2N6O3. The van der Waals surface area contributed by atoms with Crippen LogP contribution in [0, 0.1) is 23.0 Å². The molecule has 236 valence electrons. The third-order valence-corrected chi connectivity index (χ3v) is 9.81. The van der Waals surface area contributed by atoms with E-state index in [1.54, 1.807) is 23.1 Å². The van der Waals surface area contributed by atoms with Crippen molar-refractivity contribution in [3.05, 3.63) is 66.8 Å². The molecule has 3 saturated heterocycles. The number of piperazine rings is 1. The van der Waals surface area contributed by atoms with E-state index in [1.807, 2.05) is 4.90 Å². The van der Waals surface area contributed by atoms with Gasteiger partial charge in [0.05, 0.1) is 24.1 Å². The van der Waals surface area contributed by atoms with Crippen molar-refractivity contribution in [3.8, 4) is 29.0 Å². The van der Waals surface area contributed by atoms with E-state index in [-0.39, 0.29) is 51.7 Å². The number of hydrogen-bond donors (Lipinski definition) is 1. The van der Waals surface area contributed by atoms with Crippen LogP contribution in [-0.4, -0.2) is 81.7 Å². The number of halogens is 2. The number of aromatic nitrogens is 2. The lowest BCUT2D eigenvalue weighted by molar-refractivity contribution is -0.128. The van der Waals surface area contributed by atoms with Crippen LogP contribution in [0.5, 0.6) is 11.8 Å². The normalized spacial score (nSPS) is 19.4. The van der Waals surface area contributed by atoms with E-state index in [9.17, 15) is 15.2 Å². The van der Waals surface area contributed by atoms with Crippen LogP contribution in [0.15, 0.2) is 55.1 Å². The Labute approximate surface area is 265 Å². The largest absolute Gasteiger partial charge is 0.508 e. The Balaban J connectivity index is 1.35. The van der Waals surface area contributed by atoms with E-state index in [0.717, 1.165) is 38.8 Å². The molecule has 1 N–H and O–H groups in total. The third kappa shape index (κ3) is 5.07. The molecule has 11 heteroatoms. The lowest BCUT2D eigenvalue weighted by Gasteiger charge is -2.41. The molecule has 0 saturated carbocycles. The molecule has 0 bridgehead atoms. The quantitative estimate of drug-likeness (QED) is 0.267. The van der Waals surface area contributed by atoms with E-state index >= 15 is 8.78 Å². The molecule has 0 unspecified atom stereocenters. The highest BCUT2D eigenvalue weighted by molar-refractivity contribution is 6.01. The summed E-state index contributed by atoms with van der Waals surface area (Å²) in [7, 11) is 0. The zero-order chi connectivity index (χ0) is 32.0. The number of benzene rings is 3. The van der Waals surface area contributed by atoms with Crippen molar-refractivity contribution in [2.45, 2.75) is 43.7 Å². The monoisotopic (exact) mass is 624 g/mol. The first-order valence-electron chi connectivity index (χ1n) is 15.7. The maximum Gasteiger partial charge on any atom is 0.319 e. The molecule has 1 aromatic heterocycles. The van der Waals surface area contributed by atoms with Crippen molar-refractivity contribution >= 4 is 33.4 Å². The molecule has 4 heterocycles. The minimum atomic E-state index is -0.697. The van der Waals surface area contributed by atoms with E-state index in [2.05, 4.69) is 22.5 Å². The molecule has 1 atom stereocenters. The number of rotatable bonds is 7. The summed E-state index contributed by atoms with van der Waals surface area (Å²) >= 11 is 0. The topological polar surface area (TPSA) is 106 Å².